The summed E-state index contributed by atoms with van der Waals surface area (Å²) in [6.07, 6.45) is 2.31. The van der Waals surface area contributed by atoms with Crippen molar-refractivity contribution in [2.45, 2.75) is 6.42 Å². The summed E-state index contributed by atoms with van der Waals surface area (Å²) >= 11 is 5.95. The minimum atomic E-state index is -0.260. The number of benzene rings is 1. The number of para-hydroxylation sites is 1. The Morgan fingerprint density at radius 1 is 1.26 bits per heavy atom. The molecule has 2 aromatic rings. The summed E-state index contributed by atoms with van der Waals surface area (Å²) in [6.45, 7) is 0.214. The Kier molecular flexibility index (Phi) is 6.84. The van der Waals surface area contributed by atoms with Crippen LogP contribution in [0.2, 0.25) is 5.02 Å². The van der Waals surface area contributed by atoms with Crippen molar-refractivity contribution in [2.75, 3.05) is 19.8 Å². The van der Waals surface area contributed by atoms with Gasteiger partial charge < -0.3 is 15.2 Å². The highest BCUT2D eigenvalue weighted by molar-refractivity contribution is 6.32. The molecule has 0 bridgehead atoms. The van der Waals surface area contributed by atoms with Gasteiger partial charge in [-0.1, -0.05) is 29.8 Å². The van der Waals surface area contributed by atoms with Gasteiger partial charge in [-0.2, -0.15) is 0 Å². The molecule has 1 heterocycles. The van der Waals surface area contributed by atoms with Crippen molar-refractivity contribution in [2.24, 2.45) is 5.92 Å². The monoisotopic (exact) mass is 334 g/mol. The van der Waals surface area contributed by atoms with Gasteiger partial charge in [0.2, 0.25) is 0 Å². The van der Waals surface area contributed by atoms with E-state index >= 15 is 0 Å². The first-order chi connectivity index (χ1) is 11.2. The number of aliphatic hydroxyl groups is 1. The van der Waals surface area contributed by atoms with Crippen LogP contribution in [0.4, 0.5) is 0 Å². The van der Waals surface area contributed by atoms with Crippen LogP contribution in [0.1, 0.15) is 5.69 Å². The molecule has 0 spiro atoms. The zero-order chi connectivity index (χ0) is 16.5. The van der Waals surface area contributed by atoms with Crippen molar-refractivity contribution >= 4 is 17.5 Å². The maximum Gasteiger partial charge on any atom is 0.257 e. The molecule has 0 saturated carbocycles. The molecule has 1 aromatic heterocycles. The molecule has 0 radical (unpaired) electrons. The number of pyridine rings is 1. The topological polar surface area (TPSA) is 71.5 Å². The lowest BCUT2D eigenvalue weighted by atomic mass is 10.0. The van der Waals surface area contributed by atoms with Gasteiger partial charge in [0.15, 0.2) is 6.61 Å². The Hall–Kier alpha value is -2.11. The molecule has 5 nitrogen and oxygen atoms in total. The fraction of sp³-hybridized carbons (Fsp3) is 0.294. The molecule has 6 heteroatoms. The summed E-state index contributed by atoms with van der Waals surface area (Å²) in [5.41, 5.74) is 0.883. The van der Waals surface area contributed by atoms with Crippen LogP contribution in [0.25, 0.3) is 0 Å². The third-order valence-corrected chi connectivity index (χ3v) is 3.58. The van der Waals surface area contributed by atoms with Crippen LogP contribution in [-0.2, 0) is 11.2 Å². The van der Waals surface area contributed by atoms with E-state index < -0.39 is 0 Å². The SMILES string of the molecule is O=C(COc1ccccc1Cl)NCC(CO)Cc1ccccn1. The second-order valence-corrected chi connectivity index (χ2v) is 5.50. The predicted molar refractivity (Wildman–Crippen MR) is 88.5 cm³/mol. The number of nitrogens with zero attached hydrogens (tertiary/aromatic N) is 1. The third kappa shape index (κ3) is 5.88. The van der Waals surface area contributed by atoms with Crippen molar-refractivity contribution in [3.8, 4) is 5.75 Å². The van der Waals surface area contributed by atoms with Crippen LogP contribution in [0, 0.1) is 5.92 Å². The van der Waals surface area contributed by atoms with E-state index in [9.17, 15) is 9.90 Å². The average molecular weight is 335 g/mol. The highest BCUT2D eigenvalue weighted by Gasteiger charge is 2.12. The van der Waals surface area contributed by atoms with Crippen molar-refractivity contribution in [3.05, 3.63) is 59.4 Å². The van der Waals surface area contributed by atoms with E-state index in [1.807, 2.05) is 18.2 Å². The van der Waals surface area contributed by atoms with Gasteiger partial charge in [0, 0.05) is 31.0 Å². The first-order valence-corrected chi connectivity index (χ1v) is 7.71. The number of hydrogen-bond donors (Lipinski definition) is 2. The smallest absolute Gasteiger partial charge is 0.257 e. The lowest BCUT2D eigenvalue weighted by molar-refractivity contribution is -0.123. The molecule has 23 heavy (non-hydrogen) atoms. The first kappa shape index (κ1) is 17.2. The first-order valence-electron chi connectivity index (χ1n) is 7.34. The fourth-order valence-electron chi connectivity index (χ4n) is 2.03. The lowest BCUT2D eigenvalue weighted by Gasteiger charge is -2.15. The van der Waals surface area contributed by atoms with Gasteiger partial charge in [-0.05, 0) is 30.7 Å². The zero-order valence-electron chi connectivity index (χ0n) is 12.6. The second-order valence-electron chi connectivity index (χ2n) is 5.10. The normalized spacial score (nSPS) is 11.7. The molecule has 0 aliphatic carbocycles. The number of rotatable bonds is 8. The number of carbonyl (C=O) groups is 1. The van der Waals surface area contributed by atoms with Crippen LogP contribution in [0.15, 0.2) is 48.7 Å². The number of amides is 1. The zero-order valence-corrected chi connectivity index (χ0v) is 13.4. The summed E-state index contributed by atoms with van der Waals surface area (Å²) in [7, 11) is 0. The highest BCUT2D eigenvalue weighted by atomic mass is 35.5. The molecular formula is C17H19ClN2O3. The number of carbonyl (C=O) groups excluding carboxylic acids is 1. The third-order valence-electron chi connectivity index (χ3n) is 3.27. The quantitative estimate of drug-likeness (QED) is 0.775. The average Bonchev–Trinajstić information content (AvgIpc) is 2.58. The maximum absolute atomic E-state index is 11.8. The number of halogens is 1. The summed E-state index contributed by atoms with van der Waals surface area (Å²) in [4.78, 5) is 16.0. The summed E-state index contributed by atoms with van der Waals surface area (Å²) < 4.78 is 5.36. The number of hydrogen-bond acceptors (Lipinski definition) is 4. The van der Waals surface area contributed by atoms with Crippen LogP contribution in [0.5, 0.6) is 5.75 Å². The minimum Gasteiger partial charge on any atom is -0.482 e. The number of aromatic nitrogens is 1. The van der Waals surface area contributed by atoms with Gasteiger partial charge in [-0.3, -0.25) is 9.78 Å². The molecule has 1 amide bonds. The number of ether oxygens (including phenoxy) is 1. The van der Waals surface area contributed by atoms with Crippen molar-refractivity contribution in [1.29, 1.82) is 0 Å². The van der Waals surface area contributed by atoms with E-state index in [0.29, 0.717) is 23.7 Å². The Bertz CT molecular complexity index is 622. The van der Waals surface area contributed by atoms with Gasteiger partial charge in [-0.15, -0.1) is 0 Å². The van der Waals surface area contributed by atoms with Crippen LogP contribution in [0.3, 0.4) is 0 Å². The summed E-state index contributed by atoms with van der Waals surface area (Å²) in [6, 6.07) is 12.6. The van der Waals surface area contributed by atoms with E-state index in [1.54, 1.807) is 30.5 Å². The standard InChI is InChI=1S/C17H19ClN2O3/c18-15-6-1-2-7-16(15)23-12-17(22)20-10-13(11-21)9-14-5-3-4-8-19-14/h1-8,13,21H,9-12H2,(H,20,22). The van der Waals surface area contributed by atoms with Crippen LogP contribution >= 0.6 is 11.6 Å². The molecule has 0 fully saturated rings. The van der Waals surface area contributed by atoms with Gasteiger partial charge in [0.25, 0.3) is 5.91 Å². The molecule has 122 valence electrons. The second kappa shape index (κ2) is 9.12. The van der Waals surface area contributed by atoms with Gasteiger partial charge in [-0.25, -0.2) is 0 Å². The van der Waals surface area contributed by atoms with E-state index in [4.69, 9.17) is 16.3 Å². The maximum atomic E-state index is 11.8. The molecule has 0 aliphatic rings. The molecule has 2 N–H and O–H groups in total. The van der Waals surface area contributed by atoms with Crippen LogP contribution < -0.4 is 10.1 Å². The number of aliphatic hydroxyl groups excluding tert-OH is 1. The molecule has 0 saturated heterocycles. The van der Waals surface area contributed by atoms with E-state index in [-0.39, 0.29) is 25.0 Å². The lowest BCUT2D eigenvalue weighted by Crippen LogP contribution is -2.35. The predicted octanol–water partition coefficient (Wildman–Crippen LogP) is 2.08. The Morgan fingerprint density at radius 3 is 2.74 bits per heavy atom. The highest BCUT2D eigenvalue weighted by Crippen LogP contribution is 2.22. The van der Waals surface area contributed by atoms with E-state index in [1.165, 1.54) is 0 Å². The summed E-state index contributed by atoms with van der Waals surface area (Å²) in [5.74, 6) is 0.120. The van der Waals surface area contributed by atoms with E-state index in [0.717, 1.165) is 5.69 Å². The Labute approximate surface area is 140 Å². The van der Waals surface area contributed by atoms with E-state index in [2.05, 4.69) is 10.3 Å². The molecule has 1 unspecified atom stereocenters. The Morgan fingerprint density at radius 2 is 2.04 bits per heavy atom. The van der Waals surface area contributed by atoms with Crippen molar-refractivity contribution in [3.63, 3.8) is 0 Å². The molecule has 0 aliphatic heterocycles. The van der Waals surface area contributed by atoms with Crippen LogP contribution in [-0.4, -0.2) is 35.8 Å². The molecule has 1 atom stereocenters. The fourth-order valence-corrected chi connectivity index (χ4v) is 2.22. The van der Waals surface area contributed by atoms with Crippen molar-refractivity contribution < 1.29 is 14.6 Å². The van der Waals surface area contributed by atoms with Crippen molar-refractivity contribution in [1.82, 2.24) is 10.3 Å². The number of nitrogens with one attached hydrogen (secondary N) is 1. The van der Waals surface area contributed by atoms with Gasteiger partial charge in [0.05, 0.1) is 5.02 Å². The largest absolute Gasteiger partial charge is 0.482 e. The molecular weight excluding hydrogens is 316 g/mol. The van der Waals surface area contributed by atoms with Gasteiger partial charge in [0.1, 0.15) is 5.75 Å². The molecule has 1 aromatic carbocycles. The summed E-state index contributed by atoms with van der Waals surface area (Å²) in [5, 5.41) is 12.6. The minimum absolute atomic E-state index is 0.0256. The molecule has 2 rings (SSSR count). The van der Waals surface area contributed by atoms with Gasteiger partial charge >= 0.3 is 0 Å². The Balaban J connectivity index is 1.75.